The molecule has 2 aromatic carbocycles. The summed E-state index contributed by atoms with van der Waals surface area (Å²) in [6, 6.07) is 7.37. The second kappa shape index (κ2) is 5.78. The van der Waals surface area contributed by atoms with Crippen LogP contribution in [0.3, 0.4) is 0 Å². The van der Waals surface area contributed by atoms with E-state index in [4.69, 9.17) is 23.2 Å². The van der Waals surface area contributed by atoms with Gasteiger partial charge in [-0.25, -0.2) is 8.78 Å². The molecule has 0 aliphatic rings. The van der Waals surface area contributed by atoms with Gasteiger partial charge in [0.15, 0.2) is 0 Å². The predicted molar refractivity (Wildman–Crippen MR) is 77.9 cm³/mol. The summed E-state index contributed by atoms with van der Waals surface area (Å²) in [5.74, 6) is -1.12. The highest BCUT2D eigenvalue weighted by atomic mass is 79.9. The Balaban J connectivity index is 2.49. The molecule has 100 valence electrons. The Morgan fingerprint density at radius 2 is 1.74 bits per heavy atom. The van der Waals surface area contributed by atoms with Crippen molar-refractivity contribution in [1.82, 2.24) is 0 Å². The Morgan fingerprint density at radius 3 is 2.37 bits per heavy atom. The van der Waals surface area contributed by atoms with E-state index in [-0.39, 0.29) is 10.0 Å². The molecule has 0 heterocycles. The molecular weight excluding hydrogens is 357 g/mol. The van der Waals surface area contributed by atoms with Crippen molar-refractivity contribution in [1.29, 1.82) is 0 Å². The Labute approximate surface area is 128 Å². The van der Waals surface area contributed by atoms with Crippen LogP contribution in [0.2, 0.25) is 5.02 Å². The van der Waals surface area contributed by atoms with E-state index in [0.717, 1.165) is 17.7 Å². The molecule has 0 saturated heterocycles. The van der Waals surface area contributed by atoms with Crippen LogP contribution in [0.5, 0.6) is 0 Å². The van der Waals surface area contributed by atoms with Crippen molar-refractivity contribution in [2.75, 3.05) is 0 Å². The molecule has 0 amide bonds. The molecule has 0 spiro atoms. The van der Waals surface area contributed by atoms with Gasteiger partial charge in [0.05, 0.1) is 9.85 Å². The van der Waals surface area contributed by atoms with Gasteiger partial charge in [0, 0.05) is 10.6 Å². The quantitative estimate of drug-likeness (QED) is 0.451. The number of hydrogen-bond acceptors (Lipinski definition) is 0. The molecule has 0 aliphatic carbocycles. The van der Waals surface area contributed by atoms with Gasteiger partial charge in [-0.2, -0.15) is 0 Å². The summed E-state index contributed by atoms with van der Waals surface area (Å²) in [5.41, 5.74) is 1.63. The summed E-state index contributed by atoms with van der Waals surface area (Å²) in [7, 11) is 0. The van der Waals surface area contributed by atoms with Crippen LogP contribution >= 0.6 is 39.1 Å². The first kappa shape index (κ1) is 14.8. The first-order chi connectivity index (χ1) is 8.88. The lowest BCUT2D eigenvalue weighted by molar-refractivity contribution is 0.582. The summed E-state index contributed by atoms with van der Waals surface area (Å²) < 4.78 is 27.4. The highest BCUT2D eigenvalue weighted by Crippen LogP contribution is 2.34. The average molecular weight is 366 g/mol. The monoisotopic (exact) mass is 364 g/mol. The van der Waals surface area contributed by atoms with E-state index in [0.29, 0.717) is 10.6 Å². The highest BCUT2D eigenvalue weighted by molar-refractivity contribution is 9.10. The van der Waals surface area contributed by atoms with Gasteiger partial charge < -0.3 is 0 Å². The fourth-order valence-corrected chi connectivity index (χ4v) is 2.73. The number of rotatable bonds is 2. The molecule has 5 heteroatoms. The lowest BCUT2D eigenvalue weighted by atomic mass is 10.0. The molecule has 0 saturated carbocycles. The summed E-state index contributed by atoms with van der Waals surface area (Å²) >= 11 is 15.1. The van der Waals surface area contributed by atoms with Gasteiger partial charge in [-0.3, -0.25) is 0 Å². The average Bonchev–Trinajstić information content (AvgIpc) is 2.31. The zero-order valence-corrected chi connectivity index (χ0v) is 13.0. The van der Waals surface area contributed by atoms with Gasteiger partial charge in [-0.15, -0.1) is 11.6 Å². The van der Waals surface area contributed by atoms with E-state index >= 15 is 0 Å². The molecule has 0 aromatic heterocycles. The maximum Gasteiger partial charge on any atom is 0.137 e. The van der Waals surface area contributed by atoms with Crippen LogP contribution in [0.1, 0.15) is 22.1 Å². The SMILES string of the molecule is Cc1cc(Cl)cc(C(Cl)c2cc(F)c(Br)cc2F)c1. The first-order valence-corrected chi connectivity index (χ1v) is 7.05. The summed E-state index contributed by atoms with van der Waals surface area (Å²) in [6.45, 7) is 1.86. The second-order valence-corrected chi connectivity index (χ2v) is 5.94. The van der Waals surface area contributed by atoms with Gasteiger partial charge in [0.25, 0.3) is 0 Å². The molecule has 0 bridgehead atoms. The van der Waals surface area contributed by atoms with E-state index in [1.807, 2.05) is 6.92 Å². The van der Waals surface area contributed by atoms with Crippen molar-refractivity contribution >= 4 is 39.1 Å². The Bertz CT molecular complexity index is 609. The lowest BCUT2D eigenvalue weighted by Gasteiger charge is -2.13. The van der Waals surface area contributed by atoms with Gasteiger partial charge in [0.2, 0.25) is 0 Å². The number of alkyl halides is 1. The van der Waals surface area contributed by atoms with Gasteiger partial charge in [0.1, 0.15) is 11.6 Å². The van der Waals surface area contributed by atoms with Crippen LogP contribution in [0.15, 0.2) is 34.8 Å². The molecule has 2 rings (SSSR count). The fraction of sp³-hybridized carbons (Fsp3) is 0.143. The fourth-order valence-electron chi connectivity index (χ4n) is 1.82. The minimum atomic E-state index is -0.792. The molecular formula is C14H9BrCl2F2. The minimum absolute atomic E-state index is 0.0693. The Kier molecular flexibility index (Phi) is 4.49. The third kappa shape index (κ3) is 3.28. The third-order valence-electron chi connectivity index (χ3n) is 2.67. The maximum atomic E-state index is 13.9. The predicted octanol–water partition coefficient (Wildman–Crippen LogP) is 6.02. The Morgan fingerprint density at radius 1 is 1.05 bits per heavy atom. The number of halogens is 5. The van der Waals surface area contributed by atoms with Gasteiger partial charge in [-0.05, 0) is 58.2 Å². The van der Waals surface area contributed by atoms with E-state index < -0.39 is 17.0 Å². The topological polar surface area (TPSA) is 0 Å². The number of hydrogen-bond donors (Lipinski definition) is 0. The molecule has 2 aromatic rings. The van der Waals surface area contributed by atoms with Crippen LogP contribution in [0, 0.1) is 18.6 Å². The van der Waals surface area contributed by atoms with E-state index in [1.165, 1.54) is 0 Å². The van der Waals surface area contributed by atoms with Gasteiger partial charge >= 0.3 is 0 Å². The van der Waals surface area contributed by atoms with Gasteiger partial charge in [-0.1, -0.05) is 17.7 Å². The normalized spacial score (nSPS) is 12.5. The summed E-state index contributed by atoms with van der Waals surface area (Å²) in [5, 5.41) is -0.279. The van der Waals surface area contributed by atoms with E-state index in [9.17, 15) is 8.78 Å². The van der Waals surface area contributed by atoms with Crippen LogP contribution in [0.4, 0.5) is 8.78 Å². The number of aryl methyl sites for hydroxylation is 1. The van der Waals surface area contributed by atoms with Crippen molar-refractivity contribution in [2.45, 2.75) is 12.3 Å². The molecule has 0 nitrogen and oxygen atoms in total. The lowest BCUT2D eigenvalue weighted by Crippen LogP contribution is -1.99. The largest absolute Gasteiger partial charge is 0.207 e. The van der Waals surface area contributed by atoms with Crippen LogP contribution in [-0.2, 0) is 0 Å². The van der Waals surface area contributed by atoms with E-state index in [2.05, 4.69) is 15.9 Å². The molecule has 1 atom stereocenters. The zero-order chi connectivity index (χ0) is 14.2. The van der Waals surface area contributed by atoms with Crippen molar-refractivity contribution in [3.8, 4) is 0 Å². The molecule has 1 unspecified atom stereocenters. The highest BCUT2D eigenvalue weighted by Gasteiger charge is 2.18. The van der Waals surface area contributed by atoms with Crippen LogP contribution in [0.25, 0.3) is 0 Å². The van der Waals surface area contributed by atoms with E-state index in [1.54, 1.807) is 18.2 Å². The standard InChI is InChI=1S/C14H9BrCl2F2/c1-7-2-8(4-9(16)3-7)14(17)10-5-13(19)11(15)6-12(10)18/h2-6,14H,1H3. The summed E-state index contributed by atoms with van der Waals surface area (Å²) in [4.78, 5) is 0. The molecule has 0 radical (unpaired) electrons. The van der Waals surface area contributed by atoms with Crippen molar-refractivity contribution in [3.05, 3.63) is 68.2 Å². The first-order valence-electron chi connectivity index (χ1n) is 5.44. The third-order valence-corrected chi connectivity index (χ3v) is 3.98. The van der Waals surface area contributed by atoms with Crippen LogP contribution in [-0.4, -0.2) is 0 Å². The maximum absolute atomic E-state index is 13.9. The molecule has 19 heavy (non-hydrogen) atoms. The second-order valence-electron chi connectivity index (χ2n) is 4.21. The Hall–Kier alpha value is -0.640. The molecule has 0 N–H and O–H groups in total. The molecule has 0 aliphatic heterocycles. The van der Waals surface area contributed by atoms with Crippen molar-refractivity contribution in [3.63, 3.8) is 0 Å². The van der Waals surface area contributed by atoms with Crippen molar-refractivity contribution in [2.24, 2.45) is 0 Å². The van der Waals surface area contributed by atoms with Crippen LogP contribution < -0.4 is 0 Å². The number of benzene rings is 2. The minimum Gasteiger partial charge on any atom is -0.207 e. The zero-order valence-electron chi connectivity index (χ0n) is 9.85. The molecule has 0 fully saturated rings. The van der Waals surface area contributed by atoms with Crippen molar-refractivity contribution < 1.29 is 8.78 Å². The smallest absolute Gasteiger partial charge is 0.137 e. The summed E-state index contributed by atoms with van der Waals surface area (Å²) in [6.07, 6.45) is 0.